The Balaban J connectivity index is 1.54. The molecule has 0 saturated heterocycles. The fourth-order valence-corrected chi connectivity index (χ4v) is 5.36. The van der Waals surface area contributed by atoms with E-state index in [1.54, 1.807) is 30.3 Å². The van der Waals surface area contributed by atoms with Crippen molar-refractivity contribution in [2.75, 3.05) is 5.32 Å². The molecule has 11 nitrogen and oxygen atoms in total. The maximum absolute atomic E-state index is 13.7. The first-order valence-electron chi connectivity index (χ1n) is 11.1. The molecule has 204 valence electrons. The van der Waals surface area contributed by atoms with Gasteiger partial charge in [0.1, 0.15) is 32.2 Å². The predicted octanol–water partition coefficient (Wildman–Crippen LogP) is 5.84. The average molecular weight is 635 g/mol. The van der Waals surface area contributed by atoms with E-state index in [0.717, 1.165) is 6.07 Å². The van der Waals surface area contributed by atoms with Crippen LogP contribution in [0.3, 0.4) is 0 Å². The number of rotatable bonds is 7. The fraction of sp³-hybridized carbons (Fsp3) is 0.0833. The molecule has 0 aliphatic heterocycles. The van der Waals surface area contributed by atoms with Gasteiger partial charge in [-0.3, -0.25) is 9.59 Å². The zero-order valence-corrected chi connectivity index (χ0v) is 22.1. The lowest BCUT2D eigenvalue weighted by Gasteiger charge is -2.12. The lowest BCUT2D eigenvalue weighted by molar-refractivity contribution is -0.390. The molecule has 0 spiro atoms. The fourth-order valence-electron chi connectivity index (χ4n) is 3.89. The summed E-state index contributed by atoms with van der Waals surface area (Å²) in [5.74, 6) is -2.17. The Labute approximate surface area is 233 Å². The third kappa shape index (κ3) is 5.17. The monoisotopic (exact) mass is 634 g/mol. The van der Waals surface area contributed by atoms with Crippen molar-refractivity contribution >= 4 is 60.8 Å². The number of alkyl halides is 3. The largest absolute Gasteiger partial charge is 0.454 e. The maximum Gasteiger partial charge on any atom is 0.433 e. The number of furan rings is 1. The highest BCUT2D eigenvalue weighted by Crippen LogP contribution is 2.43. The van der Waals surface area contributed by atoms with Crippen molar-refractivity contribution in [1.82, 2.24) is 14.8 Å². The number of nitrogens with one attached hydrogen (secondary N) is 1. The standard InChI is InChI=1S/C24H14BrF3N6O5S/c25-14-10-33(32-21(14)34(37)38)9-12-6-7-15(39-12)22(36)31-18-17-13(11-4-2-1-3-5-11)8-16(24(26,27)28)30-23(17)40-19(18)20(29)35/h1-8,10H,9H2,(H2,29,35)(H,31,36). The van der Waals surface area contributed by atoms with Gasteiger partial charge in [-0.1, -0.05) is 30.3 Å². The van der Waals surface area contributed by atoms with E-state index in [4.69, 9.17) is 10.2 Å². The van der Waals surface area contributed by atoms with E-state index in [9.17, 15) is 32.9 Å². The number of aromatic nitrogens is 3. The van der Waals surface area contributed by atoms with Gasteiger partial charge in [0.2, 0.25) is 0 Å². The molecule has 40 heavy (non-hydrogen) atoms. The maximum atomic E-state index is 13.7. The molecule has 5 aromatic rings. The van der Waals surface area contributed by atoms with Crippen LogP contribution in [0, 0.1) is 10.1 Å². The number of hydrogen-bond donors (Lipinski definition) is 2. The van der Waals surface area contributed by atoms with Crippen molar-refractivity contribution in [3.63, 3.8) is 0 Å². The molecule has 2 amide bonds. The Morgan fingerprint density at radius 3 is 2.55 bits per heavy atom. The average Bonchev–Trinajstić information content (AvgIpc) is 3.61. The summed E-state index contributed by atoms with van der Waals surface area (Å²) in [6.45, 7) is -0.0457. The number of anilines is 1. The summed E-state index contributed by atoms with van der Waals surface area (Å²) in [5, 5.41) is 17.5. The molecular formula is C24H14BrF3N6O5S. The molecule has 0 unspecified atom stereocenters. The second kappa shape index (κ2) is 10.2. The summed E-state index contributed by atoms with van der Waals surface area (Å²) in [6, 6.07) is 11.7. The molecule has 0 radical (unpaired) electrons. The first-order chi connectivity index (χ1) is 18.9. The number of nitrogens with zero attached hydrogens (tertiary/aromatic N) is 4. The second-order valence-corrected chi connectivity index (χ2v) is 10.1. The van der Waals surface area contributed by atoms with Crippen molar-refractivity contribution in [1.29, 1.82) is 0 Å². The van der Waals surface area contributed by atoms with Crippen LogP contribution in [0.5, 0.6) is 0 Å². The number of pyridine rings is 1. The molecule has 0 saturated carbocycles. The number of fused-ring (bicyclic) bond motifs is 1. The molecule has 3 N–H and O–H groups in total. The summed E-state index contributed by atoms with van der Waals surface area (Å²) in [5.41, 5.74) is 4.72. The minimum atomic E-state index is -4.77. The molecular weight excluding hydrogens is 621 g/mol. The van der Waals surface area contributed by atoms with Gasteiger partial charge in [-0.2, -0.15) is 17.9 Å². The van der Waals surface area contributed by atoms with E-state index >= 15 is 0 Å². The van der Waals surface area contributed by atoms with Gasteiger partial charge in [0.25, 0.3) is 11.8 Å². The third-order valence-electron chi connectivity index (χ3n) is 5.57. The molecule has 0 bridgehead atoms. The second-order valence-electron chi connectivity index (χ2n) is 8.24. The zero-order chi connectivity index (χ0) is 28.8. The minimum absolute atomic E-state index is 0.0457. The van der Waals surface area contributed by atoms with Crippen molar-refractivity contribution in [3.8, 4) is 11.1 Å². The smallest absolute Gasteiger partial charge is 0.433 e. The van der Waals surface area contributed by atoms with Gasteiger partial charge in [-0.05, 0) is 50.2 Å². The Morgan fingerprint density at radius 1 is 1.20 bits per heavy atom. The third-order valence-corrected chi connectivity index (χ3v) is 7.23. The number of nitrogens with two attached hydrogens (primary N) is 1. The van der Waals surface area contributed by atoms with Gasteiger partial charge in [0.05, 0.1) is 17.0 Å². The summed E-state index contributed by atoms with van der Waals surface area (Å²) in [4.78, 5) is 39.1. The number of carbonyl (C=O) groups excluding carboxylic acids is 2. The Hall–Kier alpha value is -4.57. The van der Waals surface area contributed by atoms with Gasteiger partial charge in [-0.15, -0.1) is 11.3 Å². The molecule has 0 aliphatic carbocycles. The molecule has 4 heterocycles. The lowest BCUT2D eigenvalue weighted by Crippen LogP contribution is -2.16. The highest BCUT2D eigenvalue weighted by atomic mass is 79.9. The van der Waals surface area contributed by atoms with Crippen LogP contribution < -0.4 is 11.1 Å². The number of nitro groups is 1. The first-order valence-corrected chi connectivity index (χ1v) is 12.7. The van der Waals surface area contributed by atoms with Crippen LogP contribution in [-0.2, 0) is 12.7 Å². The van der Waals surface area contributed by atoms with Crippen LogP contribution in [-0.4, -0.2) is 31.5 Å². The molecule has 1 aromatic carbocycles. The predicted molar refractivity (Wildman–Crippen MR) is 141 cm³/mol. The number of benzene rings is 1. The Kier molecular flexibility index (Phi) is 6.89. The number of thiophene rings is 1. The molecule has 4 aromatic heterocycles. The summed E-state index contributed by atoms with van der Waals surface area (Å²) < 4.78 is 47.9. The van der Waals surface area contributed by atoms with E-state index in [2.05, 4.69) is 31.3 Å². The van der Waals surface area contributed by atoms with E-state index in [0.29, 0.717) is 16.9 Å². The molecule has 16 heteroatoms. The number of primary amides is 1. The van der Waals surface area contributed by atoms with Gasteiger partial charge in [0.15, 0.2) is 5.76 Å². The molecule has 0 aliphatic rings. The summed E-state index contributed by atoms with van der Waals surface area (Å²) in [6.07, 6.45) is -3.41. The SMILES string of the molecule is NC(=O)c1sc2nc(C(F)(F)F)cc(-c3ccccc3)c2c1NC(=O)c1ccc(Cn2cc(Br)c([N+](=O)[O-])n2)o1. The van der Waals surface area contributed by atoms with Gasteiger partial charge in [0, 0.05) is 5.39 Å². The molecule has 5 rings (SSSR count). The molecule has 0 atom stereocenters. The number of halogens is 4. The van der Waals surface area contributed by atoms with Gasteiger partial charge in [-0.25, -0.2) is 4.98 Å². The van der Waals surface area contributed by atoms with Gasteiger partial charge < -0.3 is 25.6 Å². The highest BCUT2D eigenvalue weighted by molar-refractivity contribution is 9.10. The van der Waals surface area contributed by atoms with E-state index in [1.165, 1.54) is 23.0 Å². The van der Waals surface area contributed by atoms with Crippen molar-refractivity contribution in [3.05, 3.63) is 91.4 Å². The van der Waals surface area contributed by atoms with Crippen molar-refractivity contribution in [2.45, 2.75) is 12.7 Å². The van der Waals surface area contributed by atoms with E-state index in [-0.39, 0.29) is 48.9 Å². The highest BCUT2D eigenvalue weighted by Gasteiger charge is 2.35. The van der Waals surface area contributed by atoms with Crippen LogP contribution in [0.25, 0.3) is 21.3 Å². The van der Waals surface area contributed by atoms with Gasteiger partial charge >= 0.3 is 12.0 Å². The van der Waals surface area contributed by atoms with Crippen molar-refractivity contribution < 1.29 is 32.1 Å². The molecule has 0 fully saturated rings. The minimum Gasteiger partial charge on any atom is -0.454 e. The zero-order valence-electron chi connectivity index (χ0n) is 19.7. The van der Waals surface area contributed by atoms with Crippen LogP contribution in [0.15, 0.2) is 63.6 Å². The normalized spacial score (nSPS) is 11.6. The summed E-state index contributed by atoms with van der Waals surface area (Å²) >= 11 is 3.66. The topological polar surface area (TPSA) is 159 Å². The Bertz CT molecular complexity index is 1800. The van der Waals surface area contributed by atoms with Crippen LogP contribution in [0.2, 0.25) is 0 Å². The number of hydrogen-bond acceptors (Lipinski definition) is 8. The van der Waals surface area contributed by atoms with E-state index in [1.807, 2.05) is 0 Å². The van der Waals surface area contributed by atoms with Crippen LogP contribution >= 0.6 is 27.3 Å². The van der Waals surface area contributed by atoms with E-state index < -0.39 is 34.4 Å². The quantitative estimate of drug-likeness (QED) is 0.168. The number of amides is 2. The Morgan fingerprint density at radius 2 is 1.93 bits per heavy atom. The van der Waals surface area contributed by atoms with Crippen LogP contribution in [0.1, 0.15) is 31.7 Å². The number of carbonyl (C=O) groups is 2. The lowest BCUT2D eigenvalue weighted by atomic mass is 10.0. The van der Waals surface area contributed by atoms with Crippen LogP contribution in [0.4, 0.5) is 24.7 Å². The summed E-state index contributed by atoms with van der Waals surface area (Å²) in [7, 11) is 0. The first kappa shape index (κ1) is 27.0. The van der Waals surface area contributed by atoms with Crippen molar-refractivity contribution in [2.24, 2.45) is 5.73 Å².